The molecule has 0 aliphatic rings. The van der Waals surface area contributed by atoms with Gasteiger partial charge in [-0.3, -0.25) is 4.79 Å². The maximum atomic E-state index is 11.9. The van der Waals surface area contributed by atoms with Gasteiger partial charge >= 0.3 is 5.97 Å². The van der Waals surface area contributed by atoms with Crippen molar-refractivity contribution in [2.75, 3.05) is 12.4 Å². The van der Waals surface area contributed by atoms with E-state index in [1.165, 1.54) is 13.2 Å². The smallest absolute Gasteiger partial charge is 0.338 e. The number of carbonyl (C=O) groups excluding carboxylic acids is 2. The Morgan fingerprint density at radius 3 is 2.71 bits per heavy atom. The van der Waals surface area contributed by atoms with Crippen LogP contribution < -0.4 is 5.32 Å². The monoisotopic (exact) mass is 301 g/mol. The zero-order valence-electron chi connectivity index (χ0n) is 11.8. The highest BCUT2D eigenvalue weighted by Gasteiger charge is 2.12. The third-order valence-electron chi connectivity index (χ3n) is 2.94. The van der Waals surface area contributed by atoms with Crippen molar-refractivity contribution in [3.05, 3.63) is 57.8 Å². The van der Waals surface area contributed by atoms with E-state index in [9.17, 15) is 9.59 Å². The molecule has 1 aromatic heterocycles. The quantitative estimate of drug-likeness (QED) is 0.694. The first kappa shape index (κ1) is 15.0. The molecular formula is C16H15NO3S. The van der Waals surface area contributed by atoms with Gasteiger partial charge in [-0.15, -0.1) is 11.3 Å². The van der Waals surface area contributed by atoms with E-state index in [2.05, 4.69) is 5.32 Å². The van der Waals surface area contributed by atoms with Gasteiger partial charge in [-0.05, 0) is 42.1 Å². The summed E-state index contributed by atoms with van der Waals surface area (Å²) in [6.45, 7) is 1.77. The third-order valence-corrected chi connectivity index (χ3v) is 3.78. The fourth-order valence-electron chi connectivity index (χ4n) is 1.82. The second-order valence-electron chi connectivity index (χ2n) is 4.31. The van der Waals surface area contributed by atoms with Crippen LogP contribution in [-0.4, -0.2) is 19.0 Å². The molecule has 5 heteroatoms. The van der Waals surface area contributed by atoms with E-state index in [1.807, 2.05) is 17.5 Å². The number of esters is 1. The van der Waals surface area contributed by atoms with Crippen LogP contribution >= 0.6 is 11.3 Å². The number of methoxy groups -OCH3 is 1. The van der Waals surface area contributed by atoms with Gasteiger partial charge in [0.05, 0.1) is 12.7 Å². The average Bonchev–Trinajstić information content (AvgIpc) is 3.00. The lowest BCUT2D eigenvalue weighted by Crippen LogP contribution is -2.11. The Morgan fingerprint density at radius 1 is 1.24 bits per heavy atom. The summed E-state index contributed by atoms with van der Waals surface area (Å²) in [5, 5.41) is 4.71. The molecule has 1 heterocycles. The normalized spacial score (nSPS) is 10.6. The lowest BCUT2D eigenvalue weighted by molar-refractivity contribution is -0.111. The molecule has 0 atom stereocenters. The van der Waals surface area contributed by atoms with Crippen LogP contribution in [0.25, 0.3) is 6.08 Å². The Morgan fingerprint density at radius 2 is 2.05 bits per heavy atom. The largest absolute Gasteiger partial charge is 0.465 e. The van der Waals surface area contributed by atoms with Crippen LogP contribution in [0.5, 0.6) is 0 Å². The summed E-state index contributed by atoms with van der Waals surface area (Å²) in [5.74, 6) is -0.661. The predicted octanol–water partition coefficient (Wildman–Crippen LogP) is 3.50. The molecule has 0 aliphatic carbocycles. The van der Waals surface area contributed by atoms with Crippen LogP contribution in [0.3, 0.4) is 0 Å². The summed E-state index contributed by atoms with van der Waals surface area (Å²) in [6, 6.07) is 8.97. The number of benzene rings is 1. The molecule has 108 valence electrons. The summed E-state index contributed by atoms with van der Waals surface area (Å²) in [4.78, 5) is 24.5. The molecule has 1 amide bonds. The van der Waals surface area contributed by atoms with Crippen LogP contribution in [-0.2, 0) is 9.53 Å². The molecule has 0 fully saturated rings. The molecule has 2 aromatic rings. The molecule has 0 spiro atoms. The van der Waals surface area contributed by atoms with E-state index in [4.69, 9.17) is 4.74 Å². The average molecular weight is 301 g/mol. The minimum Gasteiger partial charge on any atom is -0.465 e. The fourth-order valence-corrected chi connectivity index (χ4v) is 2.44. The summed E-state index contributed by atoms with van der Waals surface area (Å²) < 4.78 is 4.71. The van der Waals surface area contributed by atoms with E-state index < -0.39 is 5.97 Å². The first-order valence-corrected chi connectivity index (χ1v) is 7.20. The van der Waals surface area contributed by atoms with Crippen molar-refractivity contribution in [2.45, 2.75) is 6.92 Å². The number of hydrogen-bond donors (Lipinski definition) is 1. The van der Waals surface area contributed by atoms with Gasteiger partial charge in [0.1, 0.15) is 0 Å². The molecule has 1 aromatic carbocycles. The van der Waals surface area contributed by atoms with E-state index >= 15 is 0 Å². The molecule has 0 bridgehead atoms. The van der Waals surface area contributed by atoms with Crippen LogP contribution in [0.4, 0.5) is 5.69 Å². The minimum atomic E-state index is -0.419. The van der Waals surface area contributed by atoms with Gasteiger partial charge in [0.15, 0.2) is 0 Å². The maximum Gasteiger partial charge on any atom is 0.338 e. The SMILES string of the molecule is COC(=O)c1cccc(NC(=O)C=Cc2cccs2)c1C. The molecule has 0 saturated heterocycles. The van der Waals surface area contributed by atoms with Crippen molar-refractivity contribution in [1.29, 1.82) is 0 Å². The Labute approximate surface area is 127 Å². The second kappa shape index (κ2) is 6.85. The molecule has 0 saturated carbocycles. The minimum absolute atomic E-state index is 0.242. The number of nitrogens with one attached hydrogen (secondary N) is 1. The summed E-state index contributed by atoms with van der Waals surface area (Å²) in [5.41, 5.74) is 1.72. The van der Waals surface area contributed by atoms with Crippen molar-refractivity contribution in [2.24, 2.45) is 0 Å². The number of anilines is 1. The number of ether oxygens (including phenoxy) is 1. The lowest BCUT2D eigenvalue weighted by Gasteiger charge is -2.10. The third kappa shape index (κ3) is 3.79. The maximum absolute atomic E-state index is 11.9. The van der Waals surface area contributed by atoms with Crippen molar-refractivity contribution in [1.82, 2.24) is 0 Å². The zero-order valence-corrected chi connectivity index (χ0v) is 12.6. The molecule has 0 radical (unpaired) electrons. The van der Waals surface area contributed by atoms with Gasteiger partial charge in [0, 0.05) is 16.6 Å². The second-order valence-corrected chi connectivity index (χ2v) is 5.29. The highest BCUT2D eigenvalue weighted by molar-refractivity contribution is 7.10. The van der Waals surface area contributed by atoms with Gasteiger partial charge in [0.25, 0.3) is 0 Å². The summed E-state index contributed by atoms with van der Waals surface area (Å²) in [7, 11) is 1.33. The Kier molecular flexibility index (Phi) is 4.90. The fraction of sp³-hybridized carbons (Fsp3) is 0.125. The standard InChI is InChI=1S/C16H15NO3S/c1-11-13(16(19)20-2)6-3-7-14(11)17-15(18)9-8-12-5-4-10-21-12/h3-10H,1-2H3,(H,17,18). The lowest BCUT2D eigenvalue weighted by atomic mass is 10.1. The van der Waals surface area contributed by atoms with E-state index in [0.717, 1.165) is 4.88 Å². The molecular weight excluding hydrogens is 286 g/mol. The van der Waals surface area contributed by atoms with Gasteiger partial charge in [-0.25, -0.2) is 4.79 Å². The summed E-state index contributed by atoms with van der Waals surface area (Å²) in [6.07, 6.45) is 3.22. The molecule has 2 rings (SSSR count). The topological polar surface area (TPSA) is 55.4 Å². The predicted molar refractivity (Wildman–Crippen MR) is 84.5 cm³/mol. The summed E-state index contributed by atoms with van der Waals surface area (Å²) >= 11 is 1.56. The molecule has 4 nitrogen and oxygen atoms in total. The highest BCUT2D eigenvalue weighted by atomic mass is 32.1. The van der Waals surface area contributed by atoms with Crippen molar-refractivity contribution in [3.63, 3.8) is 0 Å². The van der Waals surface area contributed by atoms with Crippen LogP contribution in [0.1, 0.15) is 20.8 Å². The van der Waals surface area contributed by atoms with Crippen LogP contribution in [0, 0.1) is 6.92 Å². The van der Waals surface area contributed by atoms with Gasteiger partial charge in [0.2, 0.25) is 5.91 Å². The van der Waals surface area contributed by atoms with Gasteiger partial charge in [-0.1, -0.05) is 12.1 Å². The number of hydrogen-bond acceptors (Lipinski definition) is 4. The molecule has 0 unspecified atom stereocenters. The molecule has 21 heavy (non-hydrogen) atoms. The zero-order chi connectivity index (χ0) is 15.2. The first-order chi connectivity index (χ1) is 10.1. The molecule has 0 aliphatic heterocycles. The Balaban J connectivity index is 2.12. The Bertz CT molecular complexity index is 675. The van der Waals surface area contributed by atoms with E-state index in [0.29, 0.717) is 16.8 Å². The van der Waals surface area contributed by atoms with Crippen molar-refractivity contribution < 1.29 is 14.3 Å². The highest BCUT2D eigenvalue weighted by Crippen LogP contribution is 2.20. The van der Waals surface area contributed by atoms with Crippen molar-refractivity contribution in [3.8, 4) is 0 Å². The molecule has 1 N–H and O–H groups in total. The number of rotatable bonds is 4. The van der Waals surface area contributed by atoms with Crippen molar-refractivity contribution >= 4 is 35.0 Å². The van der Waals surface area contributed by atoms with Gasteiger partial charge < -0.3 is 10.1 Å². The van der Waals surface area contributed by atoms with E-state index in [-0.39, 0.29) is 5.91 Å². The number of thiophene rings is 1. The van der Waals surface area contributed by atoms with Crippen LogP contribution in [0.2, 0.25) is 0 Å². The number of amides is 1. The van der Waals surface area contributed by atoms with Crippen LogP contribution in [0.15, 0.2) is 41.8 Å². The van der Waals surface area contributed by atoms with E-state index in [1.54, 1.807) is 42.5 Å². The number of carbonyl (C=O) groups is 2. The Hall–Kier alpha value is -2.40. The first-order valence-electron chi connectivity index (χ1n) is 6.32. The van der Waals surface area contributed by atoms with Gasteiger partial charge in [-0.2, -0.15) is 0 Å².